The predicted molar refractivity (Wildman–Crippen MR) is 89.2 cm³/mol. The molecule has 0 saturated heterocycles. The van der Waals surface area contributed by atoms with E-state index in [9.17, 15) is 8.42 Å². The van der Waals surface area contributed by atoms with E-state index in [1.807, 2.05) is 6.92 Å². The van der Waals surface area contributed by atoms with E-state index in [0.29, 0.717) is 35.4 Å². The Bertz CT molecular complexity index is 851. The largest absolute Gasteiger partial charge is 0.486 e. The third kappa shape index (κ3) is 2.96. The summed E-state index contributed by atoms with van der Waals surface area (Å²) in [5.41, 5.74) is 1.35. The molecule has 122 valence electrons. The third-order valence-electron chi connectivity index (χ3n) is 3.68. The smallest absolute Gasteiger partial charge is 0.264 e. The Hall–Kier alpha value is -1.92. The van der Waals surface area contributed by atoms with Crippen LogP contribution in [-0.2, 0) is 10.0 Å². The van der Waals surface area contributed by atoms with Gasteiger partial charge in [-0.2, -0.15) is 0 Å². The fourth-order valence-electron chi connectivity index (χ4n) is 2.39. The molecule has 0 amide bonds. The SMILES string of the molecule is Cc1ccc(Cl)cc1N(C)S(=O)(=O)c1ccc2c(c1)OCCO2. The van der Waals surface area contributed by atoms with Crippen molar-refractivity contribution >= 4 is 27.3 Å². The fourth-order valence-corrected chi connectivity index (χ4v) is 3.83. The van der Waals surface area contributed by atoms with E-state index in [1.54, 1.807) is 24.3 Å². The van der Waals surface area contributed by atoms with Crippen molar-refractivity contribution in [1.29, 1.82) is 0 Å². The topological polar surface area (TPSA) is 55.8 Å². The molecule has 1 heterocycles. The highest BCUT2D eigenvalue weighted by molar-refractivity contribution is 7.92. The molecule has 3 rings (SSSR count). The lowest BCUT2D eigenvalue weighted by atomic mass is 10.2. The standard InChI is InChI=1S/C16H16ClNO4S/c1-11-3-4-12(17)9-14(11)18(2)23(19,20)13-5-6-15-16(10-13)22-8-7-21-15/h3-6,9-10H,7-8H2,1-2H3. The zero-order valence-electron chi connectivity index (χ0n) is 12.7. The van der Waals surface area contributed by atoms with Crippen molar-refractivity contribution in [3.63, 3.8) is 0 Å². The average Bonchev–Trinajstić information content (AvgIpc) is 2.56. The fraction of sp³-hybridized carbons (Fsp3) is 0.250. The lowest BCUT2D eigenvalue weighted by Gasteiger charge is -2.23. The van der Waals surface area contributed by atoms with Gasteiger partial charge in [-0.3, -0.25) is 4.31 Å². The van der Waals surface area contributed by atoms with Gasteiger partial charge in [-0.1, -0.05) is 17.7 Å². The van der Waals surface area contributed by atoms with Crippen LogP contribution in [0.2, 0.25) is 5.02 Å². The Morgan fingerprint density at radius 1 is 1.04 bits per heavy atom. The molecule has 1 aliphatic rings. The van der Waals surface area contributed by atoms with Crippen molar-refractivity contribution in [1.82, 2.24) is 0 Å². The lowest BCUT2D eigenvalue weighted by molar-refractivity contribution is 0.171. The average molecular weight is 354 g/mol. The highest BCUT2D eigenvalue weighted by atomic mass is 35.5. The maximum atomic E-state index is 12.9. The molecule has 0 bridgehead atoms. The molecule has 0 radical (unpaired) electrons. The lowest BCUT2D eigenvalue weighted by Crippen LogP contribution is -2.27. The summed E-state index contributed by atoms with van der Waals surface area (Å²) in [6, 6.07) is 9.75. The summed E-state index contributed by atoms with van der Waals surface area (Å²) in [5.74, 6) is 0.991. The van der Waals surface area contributed by atoms with Gasteiger partial charge in [0.15, 0.2) is 11.5 Å². The first-order valence-corrected chi connectivity index (χ1v) is 8.86. The quantitative estimate of drug-likeness (QED) is 0.850. The maximum absolute atomic E-state index is 12.9. The van der Waals surface area contributed by atoms with Crippen LogP contribution in [0.15, 0.2) is 41.3 Å². The molecule has 0 fully saturated rings. The second-order valence-corrected chi connectivity index (χ2v) is 7.61. The number of benzene rings is 2. The molecule has 2 aromatic carbocycles. The van der Waals surface area contributed by atoms with E-state index in [0.717, 1.165) is 5.56 Å². The van der Waals surface area contributed by atoms with Crippen molar-refractivity contribution in [3.8, 4) is 11.5 Å². The normalized spacial score (nSPS) is 13.7. The molecule has 0 N–H and O–H groups in total. The van der Waals surface area contributed by atoms with Gasteiger partial charge in [0.2, 0.25) is 0 Å². The molecule has 2 aromatic rings. The van der Waals surface area contributed by atoms with E-state index in [4.69, 9.17) is 21.1 Å². The Labute approximate surface area is 140 Å². The molecule has 0 aromatic heterocycles. The Morgan fingerprint density at radius 2 is 1.74 bits per heavy atom. The molecule has 7 heteroatoms. The van der Waals surface area contributed by atoms with E-state index in [2.05, 4.69) is 0 Å². The van der Waals surface area contributed by atoms with Gasteiger partial charge in [-0.25, -0.2) is 8.42 Å². The summed E-state index contributed by atoms with van der Waals surface area (Å²) in [5, 5.41) is 0.481. The van der Waals surface area contributed by atoms with Crippen molar-refractivity contribution in [3.05, 3.63) is 47.0 Å². The summed E-state index contributed by atoms with van der Waals surface area (Å²) in [7, 11) is -2.22. The van der Waals surface area contributed by atoms with Crippen LogP contribution in [-0.4, -0.2) is 28.7 Å². The Kier molecular flexibility index (Phi) is 4.12. The van der Waals surface area contributed by atoms with Crippen LogP contribution in [0.3, 0.4) is 0 Å². The summed E-state index contributed by atoms with van der Waals surface area (Å²) < 4.78 is 37.8. The zero-order chi connectivity index (χ0) is 16.6. The van der Waals surface area contributed by atoms with Gasteiger partial charge in [-0.05, 0) is 36.8 Å². The van der Waals surface area contributed by atoms with E-state index < -0.39 is 10.0 Å². The van der Waals surface area contributed by atoms with Gasteiger partial charge >= 0.3 is 0 Å². The van der Waals surface area contributed by atoms with Crippen LogP contribution in [0, 0.1) is 6.92 Å². The number of halogens is 1. The number of fused-ring (bicyclic) bond motifs is 1. The van der Waals surface area contributed by atoms with Crippen molar-refractivity contribution in [2.75, 3.05) is 24.6 Å². The van der Waals surface area contributed by atoms with Crippen LogP contribution in [0.25, 0.3) is 0 Å². The van der Waals surface area contributed by atoms with Gasteiger partial charge in [0, 0.05) is 18.1 Å². The zero-order valence-corrected chi connectivity index (χ0v) is 14.3. The number of nitrogens with zero attached hydrogens (tertiary/aromatic N) is 1. The van der Waals surface area contributed by atoms with Crippen LogP contribution in [0.4, 0.5) is 5.69 Å². The molecule has 0 spiro atoms. The molecule has 5 nitrogen and oxygen atoms in total. The van der Waals surface area contributed by atoms with Gasteiger partial charge in [-0.15, -0.1) is 0 Å². The van der Waals surface area contributed by atoms with Crippen molar-refractivity contribution in [2.24, 2.45) is 0 Å². The summed E-state index contributed by atoms with van der Waals surface area (Å²) >= 11 is 5.99. The maximum Gasteiger partial charge on any atom is 0.264 e. The summed E-state index contributed by atoms with van der Waals surface area (Å²) in [6.45, 7) is 2.70. The van der Waals surface area contributed by atoms with Gasteiger partial charge < -0.3 is 9.47 Å². The predicted octanol–water partition coefficient (Wildman–Crippen LogP) is 3.24. The van der Waals surface area contributed by atoms with Gasteiger partial charge in [0.05, 0.1) is 10.6 Å². The highest BCUT2D eigenvalue weighted by Gasteiger charge is 2.25. The third-order valence-corrected chi connectivity index (χ3v) is 5.68. The van der Waals surface area contributed by atoms with Crippen LogP contribution >= 0.6 is 11.6 Å². The highest BCUT2D eigenvalue weighted by Crippen LogP contribution is 2.34. The monoisotopic (exact) mass is 353 g/mol. The van der Waals surface area contributed by atoms with E-state index in [-0.39, 0.29) is 4.90 Å². The molecule has 23 heavy (non-hydrogen) atoms. The van der Waals surface area contributed by atoms with Crippen LogP contribution in [0.1, 0.15) is 5.56 Å². The van der Waals surface area contributed by atoms with E-state index in [1.165, 1.54) is 23.5 Å². The first kappa shape index (κ1) is 16.0. The minimum absolute atomic E-state index is 0.142. The number of sulfonamides is 1. The number of aryl methyl sites for hydroxylation is 1. The number of rotatable bonds is 3. The second-order valence-electron chi connectivity index (χ2n) is 5.21. The molecule has 0 unspecified atom stereocenters. The Morgan fingerprint density at radius 3 is 2.48 bits per heavy atom. The number of hydrogen-bond acceptors (Lipinski definition) is 4. The van der Waals surface area contributed by atoms with Gasteiger partial charge in [0.25, 0.3) is 10.0 Å². The second kappa shape index (κ2) is 5.94. The molecular formula is C16H16ClNO4S. The molecule has 0 atom stereocenters. The first-order chi connectivity index (χ1) is 10.9. The molecule has 1 aliphatic heterocycles. The van der Waals surface area contributed by atoms with Crippen LogP contribution < -0.4 is 13.8 Å². The molecule has 0 saturated carbocycles. The van der Waals surface area contributed by atoms with Crippen molar-refractivity contribution < 1.29 is 17.9 Å². The minimum Gasteiger partial charge on any atom is -0.486 e. The molecular weight excluding hydrogens is 338 g/mol. The van der Waals surface area contributed by atoms with Gasteiger partial charge in [0.1, 0.15) is 13.2 Å². The number of anilines is 1. The summed E-state index contributed by atoms with van der Waals surface area (Å²) in [6.07, 6.45) is 0. The minimum atomic E-state index is -3.73. The number of ether oxygens (including phenoxy) is 2. The van der Waals surface area contributed by atoms with Crippen molar-refractivity contribution in [2.45, 2.75) is 11.8 Å². The number of hydrogen-bond donors (Lipinski definition) is 0. The van der Waals surface area contributed by atoms with Crippen LogP contribution in [0.5, 0.6) is 11.5 Å². The Balaban J connectivity index is 2.02. The van der Waals surface area contributed by atoms with E-state index >= 15 is 0 Å². The summed E-state index contributed by atoms with van der Waals surface area (Å²) in [4.78, 5) is 0.142. The molecule has 0 aliphatic carbocycles. The first-order valence-electron chi connectivity index (χ1n) is 7.04.